The van der Waals surface area contributed by atoms with Crippen LogP contribution in [0.25, 0.3) is 0 Å². The van der Waals surface area contributed by atoms with Gasteiger partial charge in [0.25, 0.3) is 0 Å². The number of ketones is 3. The fourth-order valence-corrected chi connectivity index (χ4v) is 8.90. The molecule has 4 aliphatic rings. The number of hydrogen-bond acceptors (Lipinski definition) is 7. The van der Waals surface area contributed by atoms with Gasteiger partial charge in [-0.15, -0.1) is 0 Å². The van der Waals surface area contributed by atoms with Crippen molar-refractivity contribution in [3.63, 3.8) is 0 Å². The number of carbonyl (C=O) groups excluding carboxylic acids is 3. The predicted molar refractivity (Wildman–Crippen MR) is 152 cm³/mol. The van der Waals surface area contributed by atoms with E-state index in [2.05, 4.69) is 13.0 Å². The molecule has 0 radical (unpaired) electrons. The number of ether oxygens (including phenoxy) is 1. The molecule has 4 rings (SSSR count). The minimum Gasteiger partial charge on any atom is -0.488 e. The largest absolute Gasteiger partial charge is 0.488 e. The summed E-state index contributed by atoms with van der Waals surface area (Å²) in [5.41, 5.74) is -5.40. The highest BCUT2D eigenvalue weighted by molar-refractivity contribution is 6.02. The Balaban J connectivity index is 1.82. The second-order valence-corrected chi connectivity index (χ2v) is 15.0. The first-order valence-electron chi connectivity index (χ1n) is 14.6. The SMILES string of the molecule is CC(C)OC1=C[C@@H]2C(=CC[C@@H]3[C@@]2(C)C(=O)C[C@]2(C)[C@@H]([C@@](C)(O)C(=O)/C=C/C(C)(C)O)[C@H](O)C[C@@]32C)C(C)(C)C1=O. The van der Waals surface area contributed by atoms with Gasteiger partial charge in [0.05, 0.1) is 23.2 Å². The molecule has 0 aliphatic heterocycles. The van der Waals surface area contributed by atoms with Crippen LogP contribution in [-0.2, 0) is 19.1 Å². The van der Waals surface area contributed by atoms with Gasteiger partial charge in [0, 0.05) is 23.7 Å². The Hall–Kier alpha value is -2.09. The summed E-state index contributed by atoms with van der Waals surface area (Å²) in [5, 5.41) is 33.3. The minimum absolute atomic E-state index is 0.00718. The summed E-state index contributed by atoms with van der Waals surface area (Å²) in [4.78, 5) is 41.2. The van der Waals surface area contributed by atoms with E-state index in [9.17, 15) is 29.7 Å². The quantitative estimate of drug-likeness (QED) is 0.326. The monoisotopic (exact) mass is 556 g/mol. The van der Waals surface area contributed by atoms with E-state index in [0.717, 1.165) is 5.57 Å². The van der Waals surface area contributed by atoms with Crippen LogP contribution in [0.5, 0.6) is 0 Å². The molecule has 0 bridgehead atoms. The van der Waals surface area contributed by atoms with Crippen molar-refractivity contribution in [3.05, 3.63) is 35.6 Å². The zero-order chi connectivity index (χ0) is 30.4. The Morgan fingerprint density at radius 2 is 1.68 bits per heavy atom. The average molecular weight is 557 g/mol. The molecule has 0 saturated heterocycles. The third-order valence-electron chi connectivity index (χ3n) is 11.1. The molecule has 222 valence electrons. The Labute approximate surface area is 238 Å². The number of hydrogen-bond donors (Lipinski definition) is 3. The van der Waals surface area contributed by atoms with E-state index in [1.54, 1.807) is 0 Å². The van der Waals surface area contributed by atoms with Gasteiger partial charge in [-0.05, 0) is 90.2 Å². The maximum atomic E-state index is 14.4. The molecule has 0 aromatic heterocycles. The fraction of sp³-hybridized carbons (Fsp3) is 0.727. The van der Waals surface area contributed by atoms with Crippen LogP contribution in [0, 0.1) is 39.4 Å². The van der Waals surface area contributed by atoms with Gasteiger partial charge >= 0.3 is 0 Å². The lowest BCUT2D eigenvalue weighted by atomic mass is 9.39. The van der Waals surface area contributed by atoms with Crippen LogP contribution in [0.15, 0.2) is 35.6 Å². The molecule has 0 heterocycles. The van der Waals surface area contributed by atoms with Crippen molar-refractivity contribution in [2.45, 2.75) is 112 Å². The molecule has 0 aromatic rings. The van der Waals surface area contributed by atoms with Crippen LogP contribution in [0.1, 0.15) is 88.5 Å². The van der Waals surface area contributed by atoms with Gasteiger partial charge in [-0.25, -0.2) is 0 Å². The Morgan fingerprint density at radius 1 is 1.07 bits per heavy atom. The van der Waals surface area contributed by atoms with Crippen LogP contribution in [0.2, 0.25) is 0 Å². The molecular weight excluding hydrogens is 508 g/mol. The van der Waals surface area contributed by atoms with Crippen LogP contribution in [0.3, 0.4) is 0 Å². The highest BCUT2D eigenvalue weighted by Crippen LogP contribution is 2.73. The smallest absolute Gasteiger partial charge is 0.206 e. The molecule has 2 fully saturated rings. The molecule has 2 saturated carbocycles. The standard InChI is InChI=1S/C33H48O7/c1-18(2)40-22-15-20-19(29(5,6)27(22)37)11-12-23-30(7)16-21(34)26(31(30,8)17-25(36)32(20,23)9)33(10,39)24(35)13-14-28(3,4)38/h11,13-15,18,20-21,23,26,34,38-39H,12,16-17H2,1-10H3/b14-13+/t20-,21-,23+,26+,30+,31-,32+,33+/m1/s1. The third kappa shape index (κ3) is 4.21. The summed E-state index contributed by atoms with van der Waals surface area (Å²) < 4.78 is 5.97. The Bertz CT molecular complexity index is 1210. The summed E-state index contributed by atoms with van der Waals surface area (Å²) in [6.07, 6.45) is 6.24. The van der Waals surface area contributed by atoms with Crippen LogP contribution in [0.4, 0.5) is 0 Å². The molecular formula is C33H48O7. The van der Waals surface area contributed by atoms with Gasteiger partial charge < -0.3 is 20.1 Å². The second-order valence-electron chi connectivity index (χ2n) is 15.0. The Morgan fingerprint density at radius 3 is 2.23 bits per heavy atom. The van der Waals surface area contributed by atoms with E-state index in [-0.39, 0.29) is 35.9 Å². The minimum atomic E-state index is -1.95. The van der Waals surface area contributed by atoms with Crippen molar-refractivity contribution in [1.82, 2.24) is 0 Å². The number of carbonyl (C=O) groups is 3. The zero-order valence-corrected chi connectivity index (χ0v) is 25.8. The van der Waals surface area contributed by atoms with Crippen LogP contribution < -0.4 is 0 Å². The normalized spacial score (nSPS) is 40.6. The van der Waals surface area contributed by atoms with Gasteiger partial charge in [-0.3, -0.25) is 14.4 Å². The number of fused-ring (bicyclic) bond motifs is 5. The number of Topliss-reactive ketones (excluding diaryl/α,β-unsaturated/α-hetero) is 2. The van der Waals surface area contributed by atoms with Gasteiger partial charge in [-0.2, -0.15) is 0 Å². The van der Waals surface area contributed by atoms with Crippen molar-refractivity contribution in [2.24, 2.45) is 39.4 Å². The van der Waals surface area contributed by atoms with E-state index in [1.807, 2.05) is 47.6 Å². The van der Waals surface area contributed by atoms with Gasteiger partial charge in [0.1, 0.15) is 11.4 Å². The summed E-state index contributed by atoms with van der Waals surface area (Å²) in [6.45, 7) is 18.0. The van der Waals surface area contributed by atoms with Crippen molar-refractivity contribution in [2.75, 3.05) is 0 Å². The van der Waals surface area contributed by atoms with Gasteiger partial charge in [0.15, 0.2) is 11.5 Å². The summed E-state index contributed by atoms with van der Waals surface area (Å²) in [6, 6.07) is 0. The molecule has 0 aromatic carbocycles. The zero-order valence-electron chi connectivity index (χ0n) is 25.8. The molecule has 40 heavy (non-hydrogen) atoms. The number of aliphatic hydroxyl groups excluding tert-OH is 1. The molecule has 0 spiro atoms. The van der Waals surface area contributed by atoms with E-state index in [0.29, 0.717) is 18.6 Å². The second kappa shape index (κ2) is 9.20. The first-order valence-corrected chi connectivity index (χ1v) is 14.6. The molecule has 3 N–H and O–H groups in total. The summed E-state index contributed by atoms with van der Waals surface area (Å²) >= 11 is 0. The van der Waals surface area contributed by atoms with Crippen molar-refractivity contribution in [1.29, 1.82) is 0 Å². The van der Waals surface area contributed by atoms with E-state index in [4.69, 9.17) is 4.74 Å². The highest BCUT2D eigenvalue weighted by atomic mass is 16.5. The van der Waals surface area contributed by atoms with Crippen molar-refractivity contribution in [3.8, 4) is 0 Å². The molecule has 7 heteroatoms. The molecule has 0 amide bonds. The van der Waals surface area contributed by atoms with Crippen molar-refractivity contribution >= 4 is 17.3 Å². The molecule has 0 unspecified atom stereocenters. The van der Waals surface area contributed by atoms with Gasteiger partial charge in [0.2, 0.25) is 5.78 Å². The molecule has 4 aliphatic carbocycles. The molecule has 8 atom stereocenters. The molecule has 7 nitrogen and oxygen atoms in total. The van der Waals surface area contributed by atoms with Crippen LogP contribution >= 0.6 is 0 Å². The average Bonchev–Trinajstić information content (AvgIpc) is 3.00. The topological polar surface area (TPSA) is 121 Å². The Kier molecular flexibility index (Phi) is 7.10. The van der Waals surface area contributed by atoms with Crippen LogP contribution in [-0.4, -0.2) is 56.1 Å². The number of rotatable bonds is 6. The fourth-order valence-electron chi connectivity index (χ4n) is 8.90. The first kappa shape index (κ1) is 30.9. The predicted octanol–water partition coefficient (Wildman–Crippen LogP) is 4.49. The number of aliphatic hydroxyl groups is 3. The summed E-state index contributed by atoms with van der Waals surface area (Å²) in [5.74, 6) is -1.81. The van der Waals surface area contributed by atoms with Crippen molar-refractivity contribution < 1.29 is 34.4 Å². The lowest BCUT2D eigenvalue weighted by Gasteiger charge is -2.63. The maximum absolute atomic E-state index is 14.4. The van der Waals surface area contributed by atoms with E-state index >= 15 is 0 Å². The van der Waals surface area contributed by atoms with E-state index < -0.39 is 50.7 Å². The van der Waals surface area contributed by atoms with Gasteiger partial charge in [-0.1, -0.05) is 38.5 Å². The summed E-state index contributed by atoms with van der Waals surface area (Å²) in [7, 11) is 0. The highest BCUT2D eigenvalue weighted by Gasteiger charge is 2.74. The van der Waals surface area contributed by atoms with E-state index in [1.165, 1.54) is 32.9 Å². The first-order chi connectivity index (χ1) is 18.0. The lowest BCUT2D eigenvalue weighted by Crippen LogP contribution is -2.64. The number of allylic oxidation sites excluding steroid dienone is 4. The third-order valence-corrected chi connectivity index (χ3v) is 11.1. The maximum Gasteiger partial charge on any atom is 0.206 e. The lowest BCUT2D eigenvalue weighted by molar-refractivity contribution is -0.179.